The van der Waals surface area contributed by atoms with Gasteiger partial charge in [-0.25, -0.2) is 0 Å². The van der Waals surface area contributed by atoms with E-state index < -0.39 is 0 Å². The highest BCUT2D eigenvalue weighted by molar-refractivity contribution is 6.15. The van der Waals surface area contributed by atoms with Crippen LogP contribution in [-0.4, -0.2) is 25.9 Å². The molecular formula is C30H29N3O2. The van der Waals surface area contributed by atoms with Crippen molar-refractivity contribution in [1.29, 1.82) is 0 Å². The van der Waals surface area contributed by atoms with Crippen LogP contribution in [0.2, 0.25) is 0 Å². The third kappa shape index (κ3) is 5.15. The number of aryl methyl sites for hydroxylation is 1. The molecule has 0 fully saturated rings. The lowest BCUT2D eigenvalue weighted by atomic mass is 9.95. The number of rotatable bonds is 7. The maximum absolute atomic E-state index is 13.5. The van der Waals surface area contributed by atoms with Crippen molar-refractivity contribution >= 4 is 23.2 Å². The molecule has 176 valence electrons. The molecule has 4 aromatic carbocycles. The SMILES string of the molecule is CNCc1ccccc1N(C)C(=O)c1ccccc1NC(=O)c1c(C)cccc1-c1ccccc1. The van der Waals surface area contributed by atoms with E-state index in [1.165, 1.54) is 0 Å². The molecule has 0 aliphatic heterocycles. The van der Waals surface area contributed by atoms with Gasteiger partial charge in [-0.2, -0.15) is 0 Å². The van der Waals surface area contributed by atoms with Gasteiger partial charge in [0, 0.05) is 19.3 Å². The van der Waals surface area contributed by atoms with E-state index in [1.807, 2.05) is 92.8 Å². The molecule has 2 N–H and O–H groups in total. The first kappa shape index (κ1) is 23.9. The van der Waals surface area contributed by atoms with Gasteiger partial charge in [-0.3, -0.25) is 9.59 Å². The van der Waals surface area contributed by atoms with Crippen LogP contribution in [0.15, 0.2) is 97.1 Å². The maximum atomic E-state index is 13.5. The van der Waals surface area contributed by atoms with Crippen molar-refractivity contribution in [3.8, 4) is 11.1 Å². The zero-order valence-electron chi connectivity index (χ0n) is 20.2. The zero-order chi connectivity index (χ0) is 24.8. The molecule has 0 aliphatic rings. The molecule has 35 heavy (non-hydrogen) atoms. The molecule has 5 heteroatoms. The number of hydrogen-bond acceptors (Lipinski definition) is 3. The van der Waals surface area contributed by atoms with Gasteiger partial charge in [0.2, 0.25) is 0 Å². The first-order valence-electron chi connectivity index (χ1n) is 11.6. The topological polar surface area (TPSA) is 61.4 Å². The Labute approximate surface area is 206 Å². The van der Waals surface area contributed by atoms with E-state index in [4.69, 9.17) is 0 Å². The van der Waals surface area contributed by atoms with Crippen molar-refractivity contribution in [1.82, 2.24) is 5.32 Å². The predicted octanol–water partition coefficient (Wildman–Crippen LogP) is 5.91. The molecule has 0 heterocycles. The summed E-state index contributed by atoms with van der Waals surface area (Å²) in [5, 5.41) is 6.15. The summed E-state index contributed by atoms with van der Waals surface area (Å²) < 4.78 is 0. The number of nitrogens with zero attached hydrogens (tertiary/aromatic N) is 1. The van der Waals surface area contributed by atoms with Gasteiger partial charge in [-0.15, -0.1) is 0 Å². The van der Waals surface area contributed by atoms with Crippen LogP contribution in [0, 0.1) is 6.92 Å². The van der Waals surface area contributed by atoms with Crippen LogP contribution in [0.5, 0.6) is 0 Å². The van der Waals surface area contributed by atoms with Crippen LogP contribution in [-0.2, 0) is 6.54 Å². The second-order valence-corrected chi connectivity index (χ2v) is 8.39. The number of carbonyl (C=O) groups excluding carboxylic acids is 2. The molecule has 0 saturated carbocycles. The normalized spacial score (nSPS) is 10.6. The number of amides is 2. The highest BCUT2D eigenvalue weighted by Crippen LogP contribution is 2.28. The molecule has 0 unspecified atom stereocenters. The molecule has 0 bridgehead atoms. The van der Waals surface area contributed by atoms with E-state index >= 15 is 0 Å². The Morgan fingerprint density at radius 3 is 2.26 bits per heavy atom. The number of carbonyl (C=O) groups is 2. The lowest BCUT2D eigenvalue weighted by molar-refractivity contribution is 0.0993. The summed E-state index contributed by atoms with van der Waals surface area (Å²) in [4.78, 5) is 28.7. The standard InChI is InChI=1S/C30H29N3O2/c1-21-12-11-17-24(22-13-5-4-6-14-22)28(21)29(34)32-26-18-9-8-16-25(26)30(35)33(3)27-19-10-7-15-23(27)20-31-2/h4-19,31H,20H2,1-3H3,(H,32,34). The minimum Gasteiger partial charge on any atom is -0.321 e. The number of para-hydroxylation sites is 2. The molecule has 0 atom stereocenters. The lowest BCUT2D eigenvalue weighted by Gasteiger charge is -2.22. The molecule has 0 aromatic heterocycles. The van der Waals surface area contributed by atoms with Gasteiger partial charge in [0.25, 0.3) is 11.8 Å². The first-order valence-corrected chi connectivity index (χ1v) is 11.6. The van der Waals surface area contributed by atoms with Crippen molar-refractivity contribution in [3.63, 3.8) is 0 Å². The van der Waals surface area contributed by atoms with Gasteiger partial charge in [0.15, 0.2) is 0 Å². The maximum Gasteiger partial charge on any atom is 0.260 e. The first-order chi connectivity index (χ1) is 17.0. The molecule has 0 saturated heterocycles. The number of hydrogen-bond donors (Lipinski definition) is 2. The Hall–Kier alpha value is -4.22. The van der Waals surface area contributed by atoms with E-state index in [9.17, 15) is 9.59 Å². The highest BCUT2D eigenvalue weighted by Gasteiger charge is 2.22. The monoisotopic (exact) mass is 463 g/mol. The van der Waals surface area contributed by atoms with Crippen molar-refractivity contribution in [2.24, 2.45) is 0 Å². The third-order valence-corrected chi connectivity index (χ3v) is 6.02. The fourth-order valence-corrected chi connectivity index (χ4v) is 4.26. The zero-order valence-corrected chi connectivity index (χ0v) is 20.2. The van der Waals surface area contributed by atoms with Crippen LogP contribution in [0.3, 0.4) is 0 Å². The molecule has 0 aliphatic carbocycles. The van der Waals surface area contributed by atoms with Crippen molar-refractivity contribution in [3.05, 3.63) is 119 Å². The predicted molar refractivity (Wildman–Crippen MR) is 143 cm³/mol. The van der Waals surface area contributed by atoms with Gasteiger partial charge < -0.3 is 15.5 Å². The average molecular weight is 464 g/mol. The summed E-state index contributed by atoms with van der Waals surface area (Å²) in [5.74, 6) is -0.446. The molecular weight excluding hydrogens is 434 g/mol. The summed E-state index contributed by atoms with van der Waals surface area (Å²) >= 11 is 0. The Kier molecular flexibility index (Phi) is 7.38. The van der Waals surface area contributed by atoms with E-state index in [0.29, 0.717) is 23.4 Å². The highest BCUT2D eigenvalue weighted by atomic mass is 16.2. The minimum absolute atomic E-state index is 0.197. The largest absolute Gasteiger partial charge is 0.321 e. The smallest absolute Gasteiger partial charge is 0.260 e. The van der Waals surface area contributed by atoms with E-state index in [2.05, 4.69) is 10.6 Å². The van der Waals surface area contributed by atoms with Crippen molar-refractivity contribution in [2.75, 3.05) is 24.3 Å². The number of anilines is 2. The Balaban J connectivity index is 1.67. The molecule has 0 spiro atoms. The molecule has 5 nitrogen and oxygen atoms in total. The molecule has 0 radical (unpaired) electrons. The lowest BCUT2D eigenvalue weighted by Crippen LogP contribution is -2.29. The summed E-state index contributed by atoms with van der Waals surface area (Å²) in [7, 11) is 3.63. The summed E-state index contributed by atoms with van der Waals surface area (Å²) in [6.45, 7) is 2.56. The van der Waals surface area contributed by atoms with Gasteiger partial charge >= 0.3 is 0 Å². The molecule has 2 amide bonds. The van der Waals surface area contributed by atoms with Crippen LogP contribution < -0.4 is 15.5 Å². The second-order valence-electron chi connectivity index (χ2n) is 8.39. The van der Waals surface area contributed by atoms with Crippen LogP contribution in [0.4, 0.5) is 11.4 Å². The fraction of sp³-hybridized carbons (Fsp3) is 0.133. The van der Waals surface area contributed by atoms with Gasteiger partial charge in [-0.05, 0) is 54.4 Å². The van der Waals surface area contributed by atoms with Crippen LogP contribution in [0.1, 0.15) is 31.8 Å². The summed E-state index contributed by atoms with van der Waals surface area (Å²) in [5.41, 5.74) is 6.01. The van der Waals surface area contributed by atoms with Gasteiger partial charge in [-0.1, -0.05) is 78.9 Å². The number of nitrogens with one attached hydrogen (secondary N) is 2. The Bertz CT molecular complexity index is 1350. The Morgan fingerprint density at radius 1 is 0.800 bits per heavy atom. The average Bonchev–Trinajstić information content (AvgIpc) is 2.89. The quantitative estimate of drug-likeness (QED) is 0.358. The summed E-state index contributed by atoms with van der Waals surface area (Å²) in [6, 6.07) is 30.6. The van der Waals surface area contributed by atoms with Crippen LogP contribution in [0.25, 0.3) is 11.1 Å². The fourth-order valence-electron chi connectivity index (χ4n) is 4.26. The summed E-state index contributed by atoms with van der Waals surface area (Å²) in [6.07, 6.45) is 0. The van der Waals surface area contributed by atoms with Crippen LogP contribution >= 0.6 is 0 Å². The van der Waals surface area contributed by atoms with E-state index in [-0.39, 0.29) is 11.8 Å². The van der Waals surface area contributed by atoms with Gasteiger partial charge in [0.05, 0.1) is 16.8 Å². The third-order valence-electron chi connectivity index (χ3n) is 6.02. The van der Waals surface area contributed by atoms with E-state index in [0.717, 1.165) is 27.9 Å². The van der Waals surface area contributed by atoms with Crippen molar-refractivity contribution in [2.45, 2.75) is 13.5 Å². The molecule has 4 rings (SSSR count). The number of benzene rings is 4. The van der Waals surface area contributed by atoms with Gasteiger partial charge in [0.1, 0.15) is 0 Å². The minimum atomic E-state index is -0.250. The Morgan fingerprint density at radius 2 is 1.49 bits per heavy atom. The second kappa shape index (κ2) is 10.8. The molecule has 4 aromatic rings. The van der Waals surface area contributed by atoms with Crippen molar-refractivity contribution < 1.29 is 9.59 Å². The van der Waals surface area contributed by atoms with E-state index in [1.54, 1.807) is 30.1 Å².